The van der Waals surface area contributed by atoms with Crippen LogP contribution in [0.3, 0.4) is 0 Å². The molecule has 2 aromatic rings. The van der Waals surface area contributed by atoms with Gasteiger partial charge in [-0.1, -0.05) is 0 Å². The Bertz CT molecular complexity index is 969. The fraction of sp³-hybridized carbons (Fsp3) is 0.421. The maximum Gasteiger partial charge on any atom is 0.248 e. The molecule has 0 bridgehead atoms. The van der Waals surface area contributed by atoms with Crippen LogP contribution in [0.1, 0.15) is 19.8 Å². The zero-order chi connectivity index (χ0) is 21.7. The molecular formula is C19H24N4O5S2. The Morgan fingerprint density at radius 3 is 2.47 bits per heavy atom. The minimum atomic E-state index is -3.63. The zero-order valence-electron chi connectivity index (χ0n) is 16.7. The molecule has 1 saturated heterocycles. The molecule has 2 heterocycles. The van der Waals surface area contributed by atoms with E-state index in [-0.39, 0.29) is 35.7 Å². The van der Waals surface area contributed by atoms with Crippen LogP contribution < -0.4 is 15.4 Å². The lowest BCUT2D eigenvalue weighted by Crippen LogP contribution is -2.47. The highest BCUT2D eigenvalue weighted by atomic mass is 32.2. The van der Waals surface area contributed by atoms with E-state index < -0.39 is 16.1 Å². The van der Waals surface area contributed by atoms with Crippen molar-refractivity contribution in [2.75, 3.05) is 25.5 Å². The van der Waals surface area contributed by atoms with Crippen molar-refractivity contribution in [1.82, 2.24) is 14.6 Å². The Balaban J connectivity index is 1.52. The summed E-state index contributed by atoms with van der Waals surface area (Å²) in [7, 11) is -2.11. The number of methoxy groups -OCH3 is 1. The van der Waals surface area contributed by atoms with E-state index in [9.17, 15) is 18.0 Å². The quantitative estimate of drug-likeness (QED) is 0.660. The Labute approximate surface area is 179 Å². The highest BCUT2D eigenvalue weighted by molar-refractivity contribution is 7.89. The van der Waals surface area contributed by atoms with Gasteiger partial charge >= 0.3 is 0 Å². The smallest absolute Gasteiger partial charge is 0.248 e. The fourth-order valence-corrected chi connectivity index (χ4v) is 5.15. The van der Waals surface area contributed by atoms with Gasteiger partial charge in [0, 0.05) is 30.6 Å². The van der Waals surface area contributed by atoms with Crippen LogP contribution in [-0.2, 0) is 19.6 Å². The number of hydrogen-bond acceptors (Lipinski definition) is 7. The highest BCUT2D eigenvalue weighted by Gasteiger charge is 2.33. The number of carbonyl (C=O) groups is 2. The van der Waals surface area contributed by atoms with Gasteiger partial charge in [0.1, 0.15) is 11.8 Å². The van der Waals surface area contributed by atoms with E-state index in [0.29, 0.717) is 23.7 Å². The molecule has 0 saturated carbocycles. The fourth-order valence-electron chi connectivity index (χ4n) is 3.15. The summed E-state index contributed by atoms with van der Waals surface area (Å²) >= 11 is 1.29. The van der Waals surface area contributed by atoms with E-state index in [2.05, 4.69) is 15.6 Å². The summed E-state index contributed by atoms with van der Waals surface area (Å²) in [6.45, 7) is 2.09. The molecule has 162 valence electrons. The number of anilines is 1. The Morgan fingerprint density at radius 2 is 1.90 bits per heavy atom. The summed E-state index contributed by atoms with van der Waals surface area (Å²) in [5, 5.41) is 7.56. The maximum absolute atomic E-state index is 12.8. The van der Waals surface area contributed by atoms with Gasteiger partial charge in [-0.05, 0) is 44.0 Å². The molecule has 2 amide bonds. The van der Waals surface area contributed by atoms with Crippen molar-refractivity contribution >= 4 is 38.3 Å². The van der Waals surface area contributed by atoms with E-state index in [4.69, 9.17) is 4.74 Å². The van der Waals surface area contributed by atoms with Crippen molar-refractivity contribution < 1.29 is 22.7 Å². The number of amides is 2. The Morgan fingerprint density at radius 1 is 1.23 bits per heavy atom. The van der Waals surface area contributed by atoms with Crippen LogP contribution in [0.15, 0.2) is 40.7 Å². The zero-order valence-corrected chi connectivity index (χ0v) is 18.3. The van der Waals surface area contributed by atoms with Gasteiger partial charge < -0.3 is 15.4 Å². The molecular weight excluding hydrogens is 428 g/mol. The lowest BCUT2D eigenvalue weighted by atomic mass is 9.97. The van der Waals surface area contributed by atoms with Gasteiger partial charge in [0.2, 0.25) is 21.8 Å². The standard InChI is InChI=1S/C19H24N4O5S2/c1-13(17(24)22-19-20-9-12-29-19)21-18(25)14-7-10-23(11-8-14)30(26,27)16-5-3-15(28-2)4-6-16/h3-6,9,12-14H,7-8,10-11H2,1-2H3,(H,21,25)(H,20,22,24)/t13-/m1/s1. The number of nitrogens with one attached hydrogen (secondary N) is 2. The summed E-state index contributed by atoms with van der Waals surface area (Å²) in [5.41, 5.74) is 0. The monoisotopic (exact) mass is 452 g/mol. The van der Waals surface area contributed by atoms with E-state index in [1.807, 2.05) is 0 Å². The van der Waals surface area contributed by atoms with Crippen LogP contribution in [-0.4, -0.2) is 55.8 Å². The van der Waals surface area contributed by atoms with E-state index in [0.717, 1.165) is 0 Å². The third-order valence-electron chi connectivity index (χ3n) is 4.94. The first-order valence-corrected chi connectivity index (χ1v) is 11.8. The number of hydrogen-bond donors (Lipinski definition) is 2. The predicted molar refractivity (Wildman–Crippen MR) is 113 cm³/mol. The molecule has 1 aromatic heterocycles. The van der Waals surface area contributed by atoms with Gasteiger partial charge in [-0.15, -0.1) is 11.3 Å². The Hall–Kier alpha value is -2.50. The first-order chi connectivity index (χ1) is 14.3. The largest absolute Gasteiger partial charge is 0.497 e. The number of aromatic nitrogens is 1. The minimum Gasteiger partial charge on any atom is -0.497 e. The summed E-state index contributed by atoms with van der Waals surface area (Å²) < 4.78 is 32.1. The third-order valence-corrected chi connectivity index (χ3v) is 7.54. The van der Waals surface area contributed by atoms with Gasteiger partial charge in [-0.25, -0.2) is 13.4 Å². The molecule has 0 radical (unpaired) electrons. The van der Waals surface area contributed by atoms with E-state index >= 15 is 0 Å². The second-order valence-corrected chi connectivity index (χ2v) is 9.74. The summed E-state index contributed by atoms with van der Waals surface area (Å²) in [6, 6.07) is 5.50. The normalized spacial score (nSPS) is 16.6. The summed E-state index contributed by atoms with van der Waals surface area (Å²) in [6.07, 6.45) is 2.36. The number of rotatable bonds is 7. The number of benzene rings is 1. The maximum atomic E-state index is 12.8. The first kappa shape index (κ1) is 22.2. The highest BCUT2D eigenvalue weighted by Crippen LogP contribution is 2.25. The molecule has 11 heteroatoms. The van der Waals surface area contributed by atoms with Gasteiger partial charge in [-0.3, -0.25) is 9.59 Å². The summed E-state index contributed by atoms with van der Waals surface area (Å²) in [5.74, 6) is -0.365. The van der Waals surface area contributed by atoms with Crippen molar-refractivity contribution in [3.8, 4) is 5.75 Å². The molecule has 0 unspecified atom stereocenters. The van der Waals surface area contributed by atoms with Gasteiger partial charge in [0.25, 0.3) is 0 Å². The van der Waals surface area contributed by atoms with Crippen LogP contribution in [0.25, 0.3) is 0 Å². The van der Waals surface area contributed by atoms with Gasteiger partial charge in [0.15, 0.2) is 5.13 Å². The molecule has 1 aliphatic heterocycles. The number of sulfonamides is 1. The van der Waals surface area contributed by atoms with Gasteiger partial charge in [-0.2, -0.15) is 4.31 Å². The van der Waals surface area contributed by atoms with Crippen molar-refractivity contribution in [2.24, 2.45) is 5.92 Å². The van der Waals surface area contributed by atoms with Crippen LogP contribution in [0.5, 0.6) is 5.75 Å². The van der Waals surface area contributed by atoms with Crippen molar-refractivity contribution in [1.29, 1.82) is 0 Å². The second kappa shape index (κ2) is 9.54. The molecule has 2 N–H and O–H groups in total. The topological polar surface area (TPSA) is 118 Å². The first-order valence-electron chi connectivity index (χ1n) is 9.46. The van der Waals surface area contributed by atoms with Crippen LogP contribution in [0.4, 0.5) is 5.13 Å². The van der Waals surface area contributed by atoms with Crippen molar-refractivity contribution in [3.05, 3.63) is 35.8 Å². The molecule has 9 nitrogen and oxygen atoms in total. The van der Waals surface area contributed by atoms with Crippen LogP contribution in [0, 0.1) is 5.92 Å². The molecule has 0 aliphatic carbocycles. The van der Waals surface area contributed by atoms with Crippen molar-refractivity contribution in [2.45, 2.75) is 30.7 Å². The van der Waals surface area contributed by atoms with E-state index in [1.54, 1.807) is 30.6 Å². The predicted octanol–water partition coefficient (Wildman–Crippen LogP) is 1.70. The molecule has 1 fully saturated rings. The van der Waals surface area contributed by atoms with Gasteiger partial charge in [0.05, 0.1) is 12.0 Å². The number of ether oxygens (including phenoxy) is 1. The molecule has 30 heavy (non-hydrogen) atoms. The molecule has 1 aliphatic rings. The van der Waals surface area contributed by atoms with Crippen LogP contribution in [0.2, 0.25) is 0 Å². The average Bonchev–Trinajstić information content (AvgIpc) is 3.26. The Kier molecular flexibility index (Phi) is 7.06. The number of piperidine rings is 1. The SMILES string of the molecule is COc1ccc(S(=O)(=O)N2CCC(C(=O)N[C@H](C)C(=O)Nc3nccs3)CC2)cc1. The van der Waals surface area contributed by atoms with Crippen molar-refractivity contribution in [3.63, 3.8) is 0 Å². The number of thiazole rings is 1. The molecule has 0 spiro atoms. The number of carbonyl (C=O) groups excluding carboxylic acids is 2. The lowest BCUT2D eigenvalue weighted by Gasteiger charge is -2.31. The number of nitrogens with zero attached hydrogens (tertiary/aromatic N) is 2. The average molecular weight is 453 g/mol. The molecule has 1 aromatic carbocycles. The molecule has 3 rings (SSSR count). The molecule has 1 atom stereocenters. The second-order valence-electron chi connectivity index (χ2n) is 6.91. The lowest BCUT2D eigenvalue weighted by molar-refractivity contribution is -0.129. The summed E-state index contributed by atoms with van der Waals surface area (Å²) in [4.78, 5) is 28.9. The minimum absolute atomic E-state index is 0.193. The third kappa shape index (κ3) is 5.15. The van der Waals surface area contributed by atoms with Crippen LogP contribution >= 0.6 is 11.3 Å². The van der Waals surface area contributed by atoms with E-state index in [1.165, 1.54) is 34.9 Å².